The molecule has 0 aliphatic rings. The van der Waals surface area contributed by atoms with Crippen LogP contribution in [0, 0.1) is 0 Å². The molecule has 1 heterocycles. The molecule has 4 nitrogen and oxygen atoms in total. The fourth-order valence-electron chi connectivity index (χ4n) is 1.10. The van der Waals surface area contributed by atoms with Crippen LogP contribution in [0.4, 0.5) is 0 Å². The molecule has 4 heteroatoms. The highest BCUT2D eigenvalue weighted by molar-refractivity contribution is 4.68. The van der Waals surface area contributed by atoms with Gasteiger partial charge in [-0.2, -0.15) is 5.10 Å². The maximum Gasteiger partial charge on any atom is 0.137 e. The van der Waals surface area contributed by atoms with Crippen molar-refractivity contribution in [2.75, 3.05) is 6.54 Å². The van der Waals surface area contributed by atoms with Crippen LogP contribution in [-0.2, 0) is 0 Å². The molecule has 1 atom stereocenters. The zero-order chi connectivity index (χ0) is 8.10. The van der Waals surface area contributed by atoms with Gasteiger partial charge in [-0.1, -0.05) is 13.3 Å². The largest absolute Gasteiger partial charge is 0.328 e. The number of aromatic nitrogens is 3. The van der Waals surface area contributed by atoms with Gasteiger partial charge in [0, 0.05) is 6.54 Å². The molecule has 0 fully saturated rings. The second-order valence-electron chi connectivity index (χ2n) is 2.55. The Hall–Kier alpha value is -0.900. The van der Waals surface area contributed by atoms with Crippen molar-refractivity contribution in [3.8, 4) is 0 Å². The van der Waals surface area contributed by atoms with Crippen molar-refractivity contribution >= 4 is 0 Å². The van der Waals surface area contributed by atoms with E-state index in [1.807, 2.05) is 4.68 Å². The second-order valence-corrected chi connectivity index (χ2v) is 2.55. The highest BCUT2D eigenvalue weighted by atomic mass is 15.3. The van der Waals surface area contributed by atoms with Gasteiger partial charge in [0.05, 0.1) is 6.04 Å². The fourth-order valence-corrected chi connectivity index (χ4v) is 1.10. The third-order valence-corrected chi connectivity index (χ3v) is 1.70. The lowest BCUT2D eigenvalue weighted by atomic mass is 10.2. The van der Waals surface area contributed by atoms with E-state index in [0.717, 1.165) is 12.8 Å². The molecule has 1 aromatic heterocycles. The van der Waals surface area contributed by atoms with Crippen LogP contribution in [-0.4, -0.2) is 21.3 Å². The van der Waals surface area contributed by atoms with Gasteiger partial charge in [-0.25, -0.2) is 9.67 Å². The van der Waals surface area contributed by atoms with Crippen molar-refractivity contribution in [3.05, 3.63) is 12.7 Å². The van der Waals surface area contributed by atoms with Crippen molar-refractivity contribution in [2.24, 2.45) is 5.73 Å². The number of hydrogen-bond acceptors (Lipinski definition) is 3. The quantitative estimate of drug-likeness (QED) is 0.690. The Morgan fingerprint density at radius 3 is 2.91 bits per heavy atom. The van der Waals surface area contributed by atoms with Crippen molar-refractivity contribution in [1.29, 1.82) is 0 Å². The molecule has 62 valence electrons. The first kappa shape index (κ1) is 8.20. The van der Waals surface area contributed by atoms with Gasteiger partial charge in [0.25, 0.3) is 0 Å². The molecule has 1 aromatic rings. The molecular formula is C7H14N4. The Morgan fingerprint density at radius 1 is 1.64 bits per heavy atom. The summed E-state index contributed by atoms with van der Waals surface area (Å²) in [4.78, 5) is 3.87. The van der Waals surface area contributed by atoms with E-state index in [1.54, 1.807) is 12.7 Å². The summed E-state index contributed by atoms with van der Waals surface area (Å²) < 4.78 is 1.82. The number of rotatable bonds is 4. The number of nitrogens with zero attached hydrogens (tertiary/aromatic N) is 3. The van der Waals surface area contributed by atoms with E-state index >= 15 is 0 Å². The van der Waals surface area contributed by atoms with E-state index in [-0.39, 0.29) is 0 Å². The zero-order valence-corrected chi connectivity index (χ0v) is 6.77. The summed E-state index contributed by atoms with van der Waals surface area (Å²) in [6.07, 6.45) is 5.45. The van der Waals surface area contributed by atoms with E-state index in [0.29, 0.717) is 12.6 Å². The van der Waals surface area contributed by atoms with Crippen LogP contribution in [0.3, 0.4) is 0 Å². The smallest absolute Gasteiger partial charge is 0.137 e. The molecule has 0 saturated heterocycles. The minimum atomic E-state index is 0.322. The van der Waals surface area contributed by atoms with Gasteiger partial charge in [0.2, 0.25) is 0 Å². The summed E-state index contributed by atoms with van der Waals surface area (Å²) in [7, 11) is 0. The minimum absolute atomic E-state index is 0.322. The first-order valence-corrected chi connectivity index (χ1v) is 3.92. The molecule has 0 aromatic carbocycles. The lowest BCUT2D eigenvalue weighted by Crippen LogP contribution is -2.19. The molecule has 0 aliphatic carbocycles. The Kier molecular flexibility index (Phi) is 3.04. The first-order chi connectivity index (χ1) is 5.38. The predicted molar refractivity (Wildman–Crippen MR) is 43.0 cm³/mol. The van der Waals surface area contributed by atoms with Crippen LogP contribution in [0.2, 0.25) is 0 Å². The van der Waals surface area contributed by atoms with E-state index in [1.165, 1.54) is 0 Å². The first-order valence-electron chi connectivity index (χ1n) is 3.92. The van der Waals surface area contributed by atoms with Gasteiger partial charge in [0.1, 0.15) is 12.7 Å². The SMILES string of the molecule is CCCC(CN)n1cncn1. The van der Waals surface area contributed by atoms with Crippen LogP contribution < -0.4 is 5.73 Å². The summed E-state index contributed by atoms with van der Waals surface area (Å²) in [5.41, 5.74) is 5.56. The summed E-state index contributed by atoms with van der Waals surface area (Å²) >= 11 is 0. The molecule has 0 saturated carbocycles. The molecule has 0 bridgehead atoms. The Balaban J connectivity index is 2.56. The zero-order valence-electron chi connectivity index (χ0n) is 6.77. The molecule has 0 spiro atoms. The van der Waals surface area contributed by atoms with Crippen molar-refractivity contribution in [1.82, 2.24) is 14.8 Å². The Bertz CT molecular complexity index is 182. The normalized spacial score (nSPS) is 13.3. The van der Waals surface area contributed by atoms with E-state index in [4.69, 9.17) is 5.73 Å². The number of nitrogens with two attached hydrogens (primary N) is 1. The van der Waals surface area contributed by atoms with Crippen LogP contribution in [0.5, 0.6) is 0 Å². The van der Waals surface area contributed by atoms with Crippen LogP contribution >= 0.6 is 0 Å². The Morgan fingerprint density at radius 2 is 2.45 bits per heavy atom. The number of hydrogen-bond donors (Lipinski definition) is 1. The third-order valence-electron chi connectivity index (χ3n) is 1.70. The molecular weight excluding hydrogens is 140 g/mol. The van der Waals surface area contributed by atoms with Gasteiger partial charge in [-0.15, -0.1) is 0 Å². The van der Waals surface area contributed by atoms with E-state index < -0.39 is 0 Å². The Labute approximate surface area is 66.4 Å². The summed E-state index contributed by atoms with van der Waals surface area (Å²) in [6, 6.07) is 0.322. The third kappa shape index (κ3) is 2.01. The maximum atomic E-state index is 5.56. The molecule has 11 heavy (non-hydrogen) atoms. The lowest BCUT2D eigenvalue weighted by Gasteiger charge is -2.12. The lowest BCUT2D eigenvalue weighted by molar-refractivity contribution is 0.428. The summed E-state index contributed by atoms with van der Waals surface area (Å²) in [5.74, 6) is 0. The van der Waals surface area contributed by atoms with Crippen molar-refractivity contribution in [2.45, 2.75) is 25.8 Å². The van der Waals surface area contributed by atoms with Gasteiger partial charge in [0.15, 0.2) is 0 Å². The predicted octanol–water partition coefficient (Wildman–Crippen LogP) is 0.578. The fraction of sp³-hybridized carbons (Fsp3) is 0.714. The second kappa shape index (κ2) is 4.08. The van der Waals surface area contributed by atoms with Crippen molar-refractivity contribution < 1.29 is 0 Å². The van der Waals surface area contributed by atoms with Gasteiger partial charge >= 0.3 is 0 Å². The summed E-state index contributed by atoms with van der Waals surface area (Å²) in [5, 5.41) is 4.03. The van der Waals surface area contributed by atoms with E-state index in [9.17, 15) is 0 Å². The topological polar surface area (TPSA) is 56.7 Å². The van der Waals surface area contributed by atoms with Gasteiger partial charge in [-0.3, -0.25) is 0 Å². The van der Waals surface area contributed by atoms with Crippen LogP contribution in [0.25, 0.3) is 0 Å². The molecule has 1 unspecified atom stereocenters. The molecule has 0 amide bonds. The van der Waals surface area contributed by atoms with Crippen molar-refractivity contribution in [3.63, 3.8) is 0 Å². The molecule has 2 N–H and O–H groups in total. The molecule has 0 radical (unpaired) electrons. The van der Waals surface area contributed by atoms with Gasteiger partial charge in [-0.05, 0) is 6.42 Å². The standard InChI is InChI=1S/C7H14N4/c1-2-3-7(4-8)11-6-9-5-10-11/h5-7H,2-4,8H2,1H3. The summed E-state index contributed by atoms with van der Waals surface area (Å²) in [6.45, 7) is 2.77. The minimum Gasteiger partial charge on any atom is -0.328 e. The average Bonchev–Trinajstić information content (AvgIpc) is 2.52. The highest BCUT2D eigenvalue weighted by Crippen LogP contribution is 2.08. The van der Waals surface area contributed by atoms with Crippen LogP contribution in [0.15, 0.2) is 12.7 Å². The monoisotopic (exact) mass is 154 g/mol. The maximum absolute atomic E-state index is 5.56. The van der Waals surface area contributed by atoms with Crippen LogP contribution in [0.1, 0.15) is 25.8 Å². The highest BCUT2D eigenvalue weighted by Gasteiger charge is 2.06. The molecule has 1 rings (SSSR count). The average molecular weight is 154 g/mol. The molecule has 0 aliphatic heterocycles. The van der Waals surface area contributed by atoms with Gasteiger partial charge < -0.3 is 5.73 Å². The van der Waals surface area contributed by atoms with E-state index in [2.05, 4.69) is 17.0 Å².